The lowest BCUT2D eigenvalue weighted by Gasteiger charge is -2.39. The minimum atomic E-state index is -0.970. The Balaban J connectivity index is 2.07. The average Bonchev–Trinajstić information content (AvgIpc) is 2.40. The zero-order valence-corrected chi connectivity index (χ0v) is 12.2. The molecule has 1 unspecified atom stereocenters. The van der Waals surface area contributed by atoms with Crippen molar-refractivity contribution in [1.29, 1.82) is 0 Å². The van der Waals surface area contributed by atoms with E-state index in [4.69, 9.17) is 0 Å². The Morgan fingerprint density at radius 1 is 1.20 bits per heavy atom. The van der Waals surface area contributed by atoms with E-state index in [9.17, 15) is 13.6 Å². The van der Waals surface area contributed by atoms with Crippen molar-refractivity contribution in [1.82, 2.24) is 4.90 Å². The Morgan fingerprint density at radius 3 is 2.35 bits per heavy atom. The number of halogens is 2. The van der Waals surface area contributed by atoms with Gasteiger partial charge in [-0.05, 0) is 56.5 Å². The topological polar surface area (TPSA) is 20.3 Å². The lowest BCUT2D eigenvalue weighted by atomic mass is 9.82. The Morgan fingerprint density at radius 2 is 1.80 bits per heavy atom. The van der Waals surface area contributed by atoms with Crippen LogP contribution in [0.4, 0.5) is 8.78 Å². The molecule has 0 saturated carbocycles. The number of rotatable bonds is 3. The maximum absolute atomic E-state index is 13.2. The number of piperidine rings is 1. The van der Waals surface area contributed by atoms with Gasteiger partial charge in [-0.3, -0.25) is 9.69 Å². The highest BCUT2D eigenvalue weighted by atomic mass is 19.2. The highest BCUT2D eigenvalue weighted by Crippen LogP contribution is 2.31. The molecule has 0 bridgehead atoms. The molecule has 1 atom stereocenters. The molecule has 1 heterocycles. The third kappa shape index (κ3) is 3.23. The summed E-state index contributed by atoms with van der Waals surface area (Å²) >= 11 is 0. The number of ketones is 1. The van der Waals surface area contributed by atoms with Gasteiger partial charge in [0.1, 0.15) is 0 Å². The predicted octanol–water partition coefficient (Wildman–Crippen LogP) is 3.66. The second-order valence-corrected chi connectivity index (χ2v) is 6.37. The van der Waals surface area contributed by atoms with Crippen LogP contribution < -0.4 is 0 Å². The zero-order valence-electron chi connectivity index (χ0n) is 12.2. The quantitative estimate of drug-likeness (QED) is 0.788. The Bertz CT molecular complexity index is 503. The summed E-state index contributed by atoms with van der Waals surface area (Å²) in [7, 11) is 0. The van der Waals surface area contributed by atoms with Crippen molar-refractivity contribution in [3.63, 3.8) is 0 Å². The summed E-state index contributed by atoms with van der Waals surface area (Å²) in [6, 6.07) is 3.05. The number of carbonyl (C=O) groups excluding carboxylic acids is 1. The molecule has 1 aromatic carbocycles. The molecule has 1 aliphatic heterocycles. The number of likely N-dealkylation sites (tertiary alicyclic amines) is 1. The minimum Gasteiger partial charge on any atom is -0.293 e. The molecule has 0 spiro atoms. The maximum atomic E-state index is 13.2. The third-order valence-corrected chi connectivity index (χ3v) is 4.28. The van der Waals surface area contributed by atoms with Crippen LogP contribution >= 0.6 is 0 Å². The molecule has 1 aromatic rings. The first kappa shape index (κ1) is 15.1. The van der Waals surface area contributed by atoms with Gasteiger partial charge in [0.05, 0.1) is 6.04 Å². The Hall–Kier alpha value is -1.29. The summed E-state index contributed by atoms with van der Waals surface area (Å²) in [4.78, 5) is 14.5. The van der Waals surface area contributed by atoms with Crippen LogP contribution in [0.5, 0.6) is 0 Å². The van der Waals surface area contributed by atoms with Gasteiger partial charge in [0, 0.05) is 5.56 Å². The van der Waals surface area contributed by atoms with Crippen LogP contribution in [0.3, 0.4) is 0 Å². The summed E-state index contributed by atoms with van der Waals surface area (Å²) in [5.74, 6) is -2.04. The molecule has 20 heavy (non-hydrogen) atoms. The molecular weight excluding hydrogens is 260 g/mol. The molecular formula is C16H21F2NO. The van der Waals surface area contributed by atoms with Gasteiger partial charge >= 0.3 is 0 Å². The van der Waals surface area contributed by atoms with Gasteiger partial charge in [-0.1, -0.05) is 13.8 Å². The molecule has 4 heteroatoms. The predicted molar refractivity (Wildman–Crippen MR) is 74.7 cm³/mol. The molecule has 1 saturated heterocycles. The lowest BCUT2D eigenvalue weighted by molar-refractivity contribution is 0.0687. The van der Waals surface area contributed by atoms with Crippen LogP contribution in [0.1, 0.15) is 44.0 Å². The number of hydrogen-bond donors (Lipinski definition) is 0. The van der Waals surface area contributed by atoms with Crippen molar-refractivity contribution in [2.24, 2.45) is 5.41 Å². The fraction of sp³-hybridized carbons (Fsp3) is 0.562. The summed E-state index contributed by atoms with van der Waals surface area (Å²) in [6.45, 7) is 8.02. The zero-order chi connectivity index (χ0) is 14.9. The van der Waals surface area contributed by atoms with Gasteiger partial charge in [0.15, 0.2) is 17.4 Å². The first-order valence-corrected chi connectivity index (χ1v) is 7.03. The fourth-order valence-electron chi connectivity index (χ4n) is 2.57. The van der Waals surface area contributed by atoms with E-state index in [1.807, 2.05) is 6.92 Å². The normalized spacial score (nSPS) is 20.6. The van der Waals surface area contributed by atoms with Crippen molar-refractivity contribution < 1.29 is 13.6 Å². The standard InChI is InChI=1S/C16H21F2NO/c1-11(19-8-6-16(2,3)7-9-19)15(20)12-4-5-13(17)14(18)10-12/h4-5,10-11H,6-9H2,1-3H3. The molecule has 0 amide bonds. The van der Waals surface area contributed by atoms with E-state index in [1.54, 1.807) is 0 Å². The summed E-state index contributed by atoms with van der Waals surface area (Å²) in [6.07, 6.45) is 2.09. The van der Waals surface area contributed by atoms with Gasteiger partial charge < -0.3 is 0 Å². The second-order valence-electron chi connectivity index (χ2n) is 6.37. The molecule has 0 aromatic heterocycles. The van der Waals surface area contributed by atoms with Crippen molar-refractivity contribution in [2.75, 3.05) is 13.1 Å². The van der Waals surface area contributed by atoms with E-state index in [0.717, 1.165) is 38.1 Å². The van der Waals surface area contributed by atoms with E-state index in [0.29, 0.717) is 5.41 Å². The highest BCUT2D eigenvalue weighted by molar-refractivity contribution is 5.99. The second kappa shape index (κ2) is 5.60. The molecule has 2 rings (SSSR count). The first-order chi connectivity index (χ1) is 9.30. The van der Waals surface area contributed by atoms with E-state index in [2.05, 4.69) is 18.7 Å². The monoisotopic (exact) mass is 281 g/mol. The lowest BCUT2D eigenvalue weighted by Crippen LogP contribution is -2.45. The van der Waals surface area contributed by atoms with Crippen LogP contribution in [-0.2, 0) is 0 Å². The van der Waals surface area contributed by atoms with E-state index < -0.39 is 11.6 Å². The van der Waals surface area contributed by atoms with Crippen LogP contribution in [0.25, 0.3) is 0 Å². The minimum absolute atomic E-state index is 0.149. The van der Waals surface area contributed by atoms with Crippen molar-refractivity contribution in [2.45, 2.75) is 39.7 Å². The average molecular weight is 281 g/mol. The molecule has 0 radical (unpaired) electrons. The molecule has 2 nitrogen and oxygen atoms in total. The van der Waals surface area contributed by atoms with E-state index in [1.165, 1.54) is 6.07 Å². The van der Waals surface area contributed by atoms with E-state index >= 15 is 0 Å². The number of Topliss-reactive ketones (excluding diaryl/α,β-unsaturated/α-hetero) is 1. The van der Waals surface area contributed by atoms with Gasteiger partial charge in [0.25, 0.3) is 0 Å². The van der Waals surface area contributed by atoms with Crippen LogP contribution in [0.15, 0.2) is 18.2 Å². The molecule has 1 aliphatic rings. The van der Waals surface area contributed by atoms with Gasteiger partial charge in [0.2, 0.25) is 0 Å². The fourth-order valence-corrected chi connectivity index (χ4v) is 2.57. The summed E-state index contributed by atoms with van der Waals surface area (Å²) in [5.41, 5.74) is 0.558. The molecule has 0 N–H and O–H groups in total. The molecule has 110 valence electrons. The summed E-state index contributed by atoms with van der Waals surface area (Å²) < 4.78 is 26.1. The number of hydrogen-bond acceptors (Lipinski definition) is 2. The first-order valence-electron chi connectivity index (χ1n) is 7.03. The largest absolute Gasteiger partial charge is 0.293 e. The number of carbonyl (C=O) groups is 1. The Labute approximate surface area is 118 Å². The highest BCUT2D eigenvalue weighted by Gasteiger charge is 2.30. The Kier molecular flexibility index (Phi) is 4.23. The number of benzene rings is 1. The van der Waals surface area contributed by atoms with E-state index in [-0.39, 0.29) is 17.4 Å². The van der Waals surface area contributed by atoms with Crippen molar-refractivity contribution in [3.05, 3.63) is 35.4 Å². The van der Waals surface area contributed by atoms with Crippen LogP contribution in [0, 0.1) is 17.0 Å². The molecule has 1 fully saturated rings. The van der Waals surface area contributed by atoms with Crippen molar-refractivity contribution >= 4 is 5.78 Å². The van der Waals surface area contributed by atoms with Crippen molar-refractivity contribution in [3.8, 4) is 0 Å². The third-order valence-electron chi connectivity index (χ3n) is 4.28. The van der Waals surface area contributed by atoms with Gasteiger partial charge in [-0.2, -0.15) is 0 Å². The number of nitrogens with zero attached hydrogens (tertiary/aromatic N) is 1. The SMILES string of the molecule is CC(C(=O)c1ccc(F)c(F)c1)N1CCC(C)(C)CC1. The van der Waals surface area contributed by atoms with Gasteiger partial charge in [-0.15, -0.1) is 0 Å². The summed E-state index contributed by atoms with van der Waals surface area (Å²) in [5, 5.41) is 0. The van der Waals surface area contributed by atoms with Gasteiger partial charge in [-0.25, -0.2) is 8.78 Å². The smallest absolute Gasteiger partial charge is 0.179 e. The maximum Gasteiger partial charge on any atom is 0.179 e. The molecule has 0 aliphatic carbocycles. The van der Waals surface area contributed by atoms with Crippen LogP contribution in [0.2, 0.25) is 0 Å². The van der Waals surface area contributed by atoms with Crippen LogP contribution in [-0.4, -0.2) is 29.8 Å².